The third kappa shape index (κ3) is 6.72. The molecule has 202 valence electrons. The summed E-state index contributed by atoms with van der Waals surface area (Å²) in [7, 11) is 1.47. The van der Waals surface area contributed by atoms with Crippen molar-refractivity contribution in [3.63, 3.8) is 0 Å². The predicted molar refractivity (Wildman–Crippen MR) is 157 cm³/mol. The maximum atomic E-state index is 13.4. The molecule has 8 nitrogen and oxygen atoms in total. The molecular formula is C28H25Br2FN4O4. The number of methoxy groups -OCH3 is 1. The molecule has 11 heteroatoms. The number of fused-ring (bicyclic) bond motifs is 1. The summed E-state index contributed by atoms with van der Waals surface area (Å²) < 4.78 is 27.1. The Labute approximate surface area is 241 Å². The van der Waals surface area contributed by atoms with Gasteiger partial charge in [0.15, 0.2) is 18.1 Å². The Morgan fingerprint density at radius 2 is 1.90 bits per heavy atom. The summed E-state index contributed by atoms with van der Waals surface area (Å²) in [5.41, 5.74) is 0.754. The van der Waals surface area contributed by atoms with Crippen molar-refractivity contribution in [3.05, 3.63) is 91.1 Å². The summed E-state index contributed by atoms with van der Waals surface area (Å²) in [5.74, 6) is 0.239. The van der Waals surface area contributed by atoms with Crippen molar-refractivity contribution in [2.75, 3.05) is 19.0 Å². The number of carbonyl (C=O) groups excluding carboxylic acids is 1. The highest BCUT2D eigenvalue weighted by Gasteiger charge is 2.23. The second kappa shape index (κ2) is 11.7. The molecule has 4 aromatic rings. The number of rotatable bonds is 7. The van der Waals surface area contributed by atoms with Gasteiger partial charge in [0.05, 0.1) is 24.2 Å². The van der Waals surface area contributed by atoms with E-state index in [1.807, 2.05) is 26.8 Å². The molecular weight excluding hydrogens is 635 g/mol. The first kappa shape index (κ1) is 28.4. The molecule has 0 unspecified atom stereocenters. The minimum absolute atomic E-state index is 0.296. The summed E-state index contributed by atoms with van der Waals surface area (Å²) in [6.45, 7) is 5.55. The first-order valence-corrected chi connectivity index (χ1v) is 13.4. The largest absolute Gasteiger partial charge is 0.493 e. The second-order valence-corrected chi connectivity index (χ2v) is 11.4. The van der Waals surface area contributed by atoms with Crippen LogP contribution in [0.1, 0.15) is 32.2 Å². The normalized spacial score (nSPS) is 11.7. The van der Waals surface area contributed by atoms with E-state index in [1.54, 1.807) is 30.3 Å². The van der Waals surface area contributed by atoms with Gasteiger partial charge in [0.25, 0.3) is 11.5 Å². The summed E-state index contributed by atoms with van der Waals surface area (Å²) in [4.78, 5) is 30.4. The third-order valence-electron chi connectivity index (χ3n) is 5.54. The summed E-state index contributed by atoms with van der Waals surface area (Å²) >= 11 is 6.91. The van der Waals surface area contributed by atoms with Crippen molar-refractivity contribution in [2.45, 2.75) is 26.2 Å². The van der Waals surface area contributed by atoms with Crippen LogP contribution in [0.5, 0.6) is 11.5 Å². The Morgan fingerprint density at radius 1 is 1.13 bits per heavy atom. The van der Waals surface area contributed by atoms with Crippen molar-refractivity contribution in [1.29, 1.82) is 0 Å². The molecule has 0 aliphatic heterocycles. The number of anilines is 1. The predicted octanol–water partition coefficient (Wildman–Crippen LogP) is 6.27. The molecule has 1 N–H and O–H groups in total. The average molecular weight is 660 g/mol. The summed E-state index contributed by atoms with van der Waals surface area (Å²) in [6, 6.07) is 14.2. The average Bonchev–Trinajstić information content (AvgIpc) is 2.87. The van der Waals surface area contributed by atoms with Crippen molar-refractivity contribution in [1.82, 2.24) is 9.66 Å². The Kier molecular flexibility index (Phi) is 8.51. The van der Waals surface area contributed by atoms with E-state index in [1.165, 1.54) is 36.2 Å². The molecule has 39 heavy (non-hydrogen) atoms. The maximum absolute atomic E-state index is 13.4. The number of halogens is 3. The molecule has 0 bridgehead atoms. The summed E-state index contributed by atoms with van der Waals surface area (Å²) in [5, 5.41) is 7.51. The fraction of sp³-hybridized carbons (Fsp3) is 0.214. The molecule has 1 heterocycles. The van der Waals surface area contributed by atoms with Crippen LogP contribution in [-0.4, -0.2) is 35.5 Å². The molecule has 1 amide bonds. The van der Waals surface area contributed by atoms with Crippen molar-refractivity contribution in [2.24, 2.45) is 5.10 Å². The van der Waals surface area contributed by atoms with Gasteiger partial charge in [0.1, 0.15) is 11.6 Å². The van der Waals surface area contributed by atoms with E-state index < -0.39 is 17.1 Å². The number of nitrogens with one attached hydrogen (secondary N) is 1. The fourth-order valence-electron chi connectivity index (χ4n) is 3.69. The van der Waals surface area contributed by atoms with E-state index in [-0.39, 0.29) is 12.2 Å². The number of nitrogens with zero attached hydrogens (tertiary/aromatic N) is 3. The molecule has 0 aliphatic rings. The Bertz CT molecular complexity index is 1650. The number of benzene rings is 3. The zero-order valence-corrected chi connectivity index (χ0v) is 24.8. The van der Waals surface area contributed by atoms with Gasteiger partial charge < -0.3 is 14.8 Å². The standard InChI is InChI=1S/C28H25Br2FN4O4/c1-28(2,3)27-34-22-9-8-17(29)11-20(22)26(37)35(27)32-14-16-10-23(38-4)24(13-21(16)30)39-15-25(36)33-19-7-5-6-18(31)12-19/h5-14H,15H2,1-4H3,(H,33,36). The van der Waals surface area contributed by atoms with Crippen LogP contribution in [0.15, 0.2) is 73.4 Å². The van der Waals surface area contributed by atoms with Crippen LogP contribution in [-0.2, 0) is 10.2 Å². The van der Waals surface area contributed by atoms with E-state index in [2.05, 4.69) is 42.3 Å². The SMILES string of the molecule is COc1cc(C=Nn2c(C(C)(C)C)nc3ccc(Br)cc3c2=O)c(Br)cc1OCC(=O)Nc1cccc(F)c1. The van der Waals surface area contributed by atoms with Gasteiger partial charge in [0.2, 0.25) is 0 Å². The highest BCUT2D eigenvalue weighted by Crippen LogP contribution is 2.33. The van der Waals surface area contributed by atoms with Crippen LogP contribution in [0.25, 0.3) is 10.9 Å². The molecule has 0 atom stereocenters. The van der Waals surface area contributed by atoms with E-state index in [0.717, 1.165) is 4.47 Å². The zero-order chi connectivity index (χ0) is 28.3. The Balaban J connectivity index is 1.62. The minimum Gasteiger partial charge on any atom is -0.493 e. The highest BCUT2D eigenvalue weighted by molar-refractivity contribution is 9.10. The lowest BCUT2D eigenvalue weighted by Gasteiger charge is -2.21. The van der Waals surface area contributed by atoms with E-state index in [0.29, 0.717) is 43.9 Å². The second-order valence-electron chi connectivity index (χ2n) is 9.58. The molecule has 3 aromatic carbocycles. The number of carbonyl (C=O) groups is 1. The van der Waals surface area contributed by atoms with Gasteiger partial charge in [-0.3, -0.25) is 9.59 Å². The van der Waals surface area contributed by atoms with Crippen LogP contribution < -0.4 is 20.3 Å². The van der Waals surface area contributed by atoms with Crippen molar-refractivity contribution < 1.29 is 18.7 Å². The molecule has 0 spiro atoms. The third-order valence-corrected chi connectivity index (χ3v) is 6.72. The van der Waals surface area contributed by atoms with Crippen LogP contribution in [0.4, 0.5) is 10.1 Å². The van der Waals surface area contributed by atoms with Crippen molar-refractivity contribution in [3.8, 4) is 11.5 Å². The molecule has 0 aliphatic carbocycles. The number of hydrogen-bond acceptors (Lipinski definition) is 6. The lowest BCUT2D eigenvalue weighted by molar-refractivity contribution is -0.118. The van der Waals surface area contributed by atoms with Gasteiger partial charge in [-0.15, -0.1) is 0 Å². The summed E-state index contributed by atoms with van der Waals surface area (Å²) in [6.07, 6.45) is 1.52. The molecule has 0 radical (unpaired) electrons. The Hall–Kier alpha value is -3.57. The number of ether oxygens (including phenoxy) is 2. The van der Waals surface area contributed by atoms with Gasteiger partial charge in [-0.05, 0) is 64.5 Å². The highest BCUT2D eigenvalue weighted by atomic mass is 79.9. The van der Waals surface area contributed by atoms with Gasteiger partial charge in [-0.25, -0.2) is 9.37 Å². The monoisotopic (exact) mass is 658 g/mol. The smallest absolute Gasteiger partial charge is 0.282 e. The molecule has 4 rings (SSSR count). The van der Waals surface area contributed by atoms with E-state index in [9.17, 15) is 14.0 Å². The van der Waals surface area contributed by atoms with Crippen molar-refractivity contribution >= 4 is 60.6 Å². The number of hydrogen-bond donors (Lipinski definition) is 1. The van der Waals surface area contributed by atoms with Crippen LogP contribution in [0.2, 0.25) is 0 Å². The lowest BCUT2D eigenvalue weighted by Crippen LogP contribution is -2.29. The van der Waals surface area contributed by atoms with Crippen LogP contribution in [0.3, 0.4) is 0 Å². The maximum Gasteiger partial charge on any atom is 0.282 e. The van der Waals surface area contributed by atoms with Gasteiger partial charge >= 0.3 is 0 Å². The first-order valence-electron chi connectivity index (χ1n) is 11.8. The van der Waals surface area contributed by atoms with Crippen LogP contribution in [0, 0.1) is 5.82 Å². The molecule has 1 aromatic heterocycles. The van der Waals surface area contributed by atoms with Gasteiger partial charge in [-0.2, -0.15) is 9.78 Å². The van der Waals surface area contributed by atoms with E-state index >= 15 is 0 Å². The molecule has 0 saturated heterocycles. The fourth-order valence-corrected chi connectivity index (χ4v) is 4.48. The molecule has 0 saturated carbocycles. The van der Waals surface area contributed by atoms with E-state index in [4.69, 9.17) is 14.5 Å². The quantitative estimate of drug-likeness (QED) is 0.236. The topological polar surface area (TPSA) is 94.8 Å². The van der Waals surface area contributed by atoms with Gasteiger partial charge in [0, 0.05) is 25.6 Å². The Morgan fingerprint density at radius 3 is 2.59 bits per heavy atom. The first-order chi connectivity index (χ1) is 18.5. The lowest BCUT2D eigenvalue weighted by atomic mass is 9.95. The zero-order valence-electron chi connectivity index (χ0n) is 21.6. The van der Waals surface area contributed by atoms with Gasteiger partial charge in [-0.1, -0.05) is 42.8 Å². The number of aromatic nitrogens is 2. The van der Waals surface area contributed by atoms with Crippen LogP contribution >= 0.6 is 31.9 Å². The molecule has 0 fully saturated rings. The number of amides is 1. The minimum atomic E-state index is -0.464.